The fourth-order valence-electron chi connectivity index (χ4n) is 1.80. The van der Waals surface area contributed by atoms with Crippen LogP contribution >= 0.6 is 0 Å². The summed E-state index contributed by atoms with van der Waals surface area (Å²) in [5.74, 6) is -0.924. The highest BCUT2D eigenvalue weighted by Gasteiger charge is 2.33. The summed E-state index contributed by atoms with van der Waals surface area (Å²) in [4.78, 5) is 24.3. The number of rotatable bonds is 5. The van der Waals surface area contributed by atoms with E-state index in [1.165, 1.54) is 17.0 Å². The Hall–Kier alpha value is -1.88. The maximum Gasteiger partial charge on any atom is 0.335 e. The van der Waals surface area contributed by atoms with E-state index in [4.69, 9.17) is 10.2 Å². The summed E-state index contributed by atoms with van der Waals surface area (Å²) in [6.45, 7) is 0.126. The zero-order valence-electron chi connectivity index (χ0n) is 9.87. The number of nitrogens with zero attached hydrogens (tertiary/aromatic N) is 1. The molecule has 0 spiro atoms. The van der Waals surface area contributed by atoms with Crippen molar-refractivity contribution in [3.63, 3.8) is 0 Å². The maximum absolute atomic E-state index is 12.0. The lowest BCUT2D eigenvalue weighted by Crippen LogP contribution is -2.34. The van der Waals surface area contributed by atoms with E-state index in [1.54, 1.807) is 12.1 Å². The monoisotopic (exact) mass is 249 g/mol. The Balaban J connectivity index is 2.19. The first kappa shape index (κ1) is 12.6. The van der Waals surface area contributed by atoms with E-state index < -0.39 is 5.97 Å². The second kappa shape index (κ2) is 5.18. The molecule has 2 N–H and O–H groups in total. The van der Waals surface area contributed by atoms with Gasteiger partial charge in [-0.15, -0.1) is 0 Å². The molecular weight excluding hydrogens is 234 g/mol. The standard InChI is InChI=1S/C13H15NO4/c15-8-7-14(12(16)9-1-2-9)11-5-3-10(4-6-11)13(17)18/h3-6,9,15H,1-2,7-8H2,(H,17,18). The van der Waals surface area contributed by atoms with Crippen LogP contribution in [0, 0.1) is 5.92 Å². The van der Waals surface area contributed by atoms with Gasteiger partial charge in [-0.1, -0.05) is 0 Å². The lowest BCUT2D eigenvalue weighted by atomic mass is 10.2. The topological polar surface area (TPSA) is 77.8 Å². The normalized spacial score (nSPS) is 14.3. The third kappa shape index (κ3) is 2.68. The number of carbonyl (C=O) groups excluding carboxylic acids is 1. The molecular formula is C13H15NO4. The van der Waals surface area contributed by atoms with E-state index in [0.717, 1.165) is 12.8 Å². The van der Waals surface area contributed by atoms with Gasteiger partial charge in [0.25, 0.3) is 0 Å². The summed E-state index contributed by atoms with van der Waals surface area (Å²) in [7, 11) is 0. The fourth-order valence-corrected chi connectivity index (χ4v) is 1.80. The highest BCUT2D eigenvalue weighted by molar-refractivity contribution is 5.97. The van der Waals surface area contributed by atoms with E-state index in [-0.39, 0.29) is 30.5 Å². The zero-order chi connectivity index (χ0) is 13.1. The first-order valence-corrected chi connectivity index (χ1v) is 5.89. The van der Waals surface area contributed by atoms with Crippen molar-refractivity contribution in [2.45, 2.75) is 12.8 Å². The Morgan fingerprint density at radius 1 is 1.22 bits per heavy atom. The number of benzene rings is 1. The Kier molecular flexibility index (Phi) is 3.62. The Labute approximate surface area is 105 Å². The molecule has 0 unspecified atom stereocenters. The van der Waals surface area contributed by atoms with Crippen LogP contribution < -0.4 is 4.90 Å². The average Bonchev–Trinajstić information content (AvgIpc) is 3.19. The maximum atomic E-state index is 12.0. The van der Waals surface area contributed by atoms with Crippen molar-refractivity contribution in [1.82, 2.24) is 0 Å². The summed E-state index contributed by atoms with van der Waals surface area (Å²) < 4.78 is 0. The number of hydrogen-bond acceptors (Lipinski definition) is 3. The molecule has 0 aromatic heterocycles. The third-order valence-corrected chi connectivity index (χ3v) is 2.94. The molecule has 1 saturated carbocycles. The van der Waals surface area contributed by atoms with Crippen molar-refractivity contribution in [1.29, 1.82) is 0 Å². The number of carboxylic acid groups (broad SMARTS) is 1. The van der Waals surface area contributed by atoms with Gasteiger partial charge in [0.15, 0.2) is 0 Å². The summed E-state index contributed by atoms with van der Waals surface area (Å²) in [6.07, 6.45) is 1.79. The predicted molar refractivity (Wildman–Crippen MR) is 65.6 cm³/mol. The van der Waals surface area contributed by atoms with Crippen LogP contribution in [0.15, 0.2) is 24.3 Å². The highest BCUT2D eigenvalue weighted by atomic mass is 16.4. The van der Waals surface area contributed by atoms with Gasteiger partial charge in [0.2, 0.25) is 5.91 Å². The number of hydrogen-bond donors (Lipinski definition) is 2. The van der Waals surface area contributed by atoms with E-state index >= 15 is 0 Å². The molecule has 0 heterocycles. The molecule has 1 fully saturated rings. The van der Waals surface area contributed by atoms with Gasteiger partial charge in [-0.25, -0.2) is 4.79 Å². The van der Waals surface area contributed by atoms with Gasteiger partial charge in [-0.05, 0) is 37.1 Å². The molecule has 0 bridgehead atoms. The predicted octanol–water partition coefficient (Wildman–Crippen LogP) is 1.12. The van der Waals surface area contributed by atoms with E-state index in [9.17, 15) is 9.59 Å². The quantitative estimate of drug-likeness (QED) is 0.819. The lowest BCUT2D eigenvalue weighted by molar-refractivity contribution is -0.119. The molecule has 18 heavy (non-hydrogen) atoms. The Morgan fingerprint density at radius 2 is 1.83 bits per heavy atom. The molecule has 96 valence electrons. The lowest BCUT2D eigenvalue weighted by Gasteiger charge is -2.22. The third-order valence-electron chi connectivity index (χ3n) is 2.94. The van der Waals surface area contributed by atoms with Gasteiger partial charge in [0.05, 0.1) is 12.2 Å². The smallest absolute Gasteiger partial charge is 0.335 e. The fraction of sp³-hybridized carbons (Fsp3) is 0.385. The number of aromatic carboxylic acids is 1. The minimum absolute atomic E-state index is 0.00660. The van der Waals surface area contributed by atoms with Crippen LogP contribution in [-0.4, -0.2) is 35.2 Å². The van der Waals surface area contributed by atoms with Crippen LogP contribution in [0.5, 0.6) is 0 Å². The molecule has 0 radical (unpaired) electrons. The molecule has 1 aliphatic rings. The second-order valence-corrected chi connectivity index (χ2v) is 4.34. The highest BCUT2D eigenvalue weighted by Crippen LogP contribution is 2.32. The number of aliphatic hydroxyl groups excluding tert-OH is 1. The van der Waals surface area contributed by atoms with Crippen molar-refractivity contribution in [2.24, 2.45) is 5.92 Å². The van der Waals surface area contributed by atoms with Gasteiger partial charge in [-0.2, -0.15) is 0 Å². The first-order chi connectivity index (χ1) is 8.63. The minimum atomic E-state index is -0.997. The Morgan fingerprint density at radius 3 is 2.28 bits per heavy atom. The molecule has 2 rings (SSSR count). The number of amides is 1. The summed E-state index contributed by atoms with van der Waals surface area (Å²) in [6, 6.07) is 6.11. The molecule has 1 aliphatic carbocycles. The van der Waals surface area contributed by atoms with Crippen molar-refractivity contribution >= 4 is 17.6 Å². The van der Waals surface area contributed by atoms with Crippen LogP contribution in [0.3, 0.4) is 0 Å². The van der Waals surface area contributed by atoms with Crippen molar-refractivity contribution in [3.05, 3.63) is 29.8 Å². The second-order valence-electron chi connectivity index (χ2n) is 4.34. The summed E-state index contributed by atoms with van der Waals surface area (Å²) in [5, 5.41) is 17.8. The van der Waals surface area contributed by atoms with Gasteiger partial charge in [-0.3, -0.25) is 4.79 Å². The molecule has 5 heteroatoms. The molecule has 0 saturated heterocycles. The van der Waals surface area contributed by atoms with Crippen molar-refractivity contribution in [3.8, 4) is 0 Å². The van der Waals surface area contributed by atoms with E-state index in [2.05, 4.69) is 0 Å². The van der Waals surface area contributed by atoms with Gasteiger partial charge in [0.1, 0.15) is 0 Å². The Bertz CT molecular complexity index is 451. The van der Waals surface area contributed by atoms with Crippen molar-refractivity contribution < 1.29 is 19.8 Å². The SMILES string of the molecule is O=C(O)c1ccc(N(CCO)C(=O)C2CC2)cc1. The zero-order valence-corrected chi connectivity index (χ0v) is 9.87. The van der Waals surface area contributed by atoms with Gasteiger partial charge < -0.3 is 15.1 Å². The van der Waals surface area contributed by atoms with Crippen LogP contribution in [0.25, 0.3) is 0 Å². The number of aliphatic hydroxyl groups is 1. The van der Waals surface area contributed by atoms with Crippen LogP contribution in [0.1, 0.15) is 23.2 Å². The van der Waals surface area contributed by atoms with Gasteiger partial charge >= 0.3 is 5.97 Å². The molecule has 1 aromatic rings. The minimum Gasteiger partial charge on any atom is -0.478 e. The summed E-state index contributed by atoms with van der Waals surface area (Å²) >= 11 is 0. The van der Waals surface area contributed by atoms with Crippen LogP contribution in [0.4, 0.5) is 5.69 Å². The van der Waals surface area contributed by atoms with Crippen LogP contribution in [0.2, 0.25) is 0 Å². The largest absolute Gasteiger partial charge is 0.478 e. The first-order valence-electron chi connectivity index (χ1n) is 5.89. The average molecular weight is 249 g/mol. The molecule has 0 aliphatic heterocycles. The number of carboxylic acids is 1. The molecule has 1 amide bonds. The van der Waals surface area contributed by atoms with Gasteiger partial charge in [0, 0.05) is 18.2 Å². The molecule has 0 atom stereocenters. The van der Waals surface area contributed by atoms with E-state index in [1.807, 2.05) is 0 Å². The molecule has 1 aromatic carbocycles. The van der Waals surface area contributed by atoms with Crippen LogP contribution in [-0.2, 0) is 4.79 Å². The summed E-state index contributed by atoms with van der Waals surface area (Å²) in [5.41, 5.74) is 0.813. The van der Waals surface area contributed by atoms with Crippen molar-refractivity contribution in [2.75, 3.05) is 18.1 Å². The number of carbonyl (C=O) groups is 2. The van der Waals surface area contributed by atoms with E-state index in [0.29, 0.717) is 5.69 Å². The molecule has 5 nitrogen and oxygen atoms in total. The number of anilines is 1.